The van der Waals surface area contributed by atoms with Crippen molar-refractivity contribution in [1.29, 1.82) is 0 Å². The van der Waals surface area contributed by atoms with Crippen molar-refractivity contribution in [3.63, 3.8) is 0 Å². The predicted molar refractivity (Wildman–Crippen MR) is 65.3 cm³/mol. The Bertz CT molecular complexity index is 479. The normalized spacial score (nSPS) is 12.4. The van der Waals surface area contributed by atoms with Gasteiger partial charge in [0.25, 0.3) is 0 Å². The first-order chi connectivity index (χ1) is 7.68. The van der Waals surface area contributed by atoms with Gasteiger partial charge in [0.05, 0.1) is 5.38 Å². The molecule has 16 heavy (non-hydrogen) atoms. The molecule has 0 aliphatic carbocycles. The Labute approximate surface area is 99.7 Å². The lowest BCUT2D eigenvalue weighted by atomic mass is 10.00. The first kappa shape index (κ1) is 11.2. The topological polar surface area (TPSA) is 0 Å². The maximum absolute atomic E-state index is 13.0. The quantitative estimate of drug-likeness (QED) is 0.673. The highest BCUT2D eigenvalue weighted by atomic mass is 35.5. The van der Waals surface area contributed by atoms with Gasteiger partial charge < -0.3 is 0 Å². The lowest BCUT2D eigenvalue weighted by molar-refractivity contribution is 0.625. The number of rotatable bonds is 2. The van der Waals surface area contributed by atoms with Crippen LogP contribution in [0.4, 0.5) is 4.39 Å². The molecule has 0 N–H and O–H groups in total. The molecule has 0 nitrogen and oxygen atoms in total. The number of halogens is 2. The number of hydrogen-bond acceptors (Lipinski definition) is 0. The molecule has 0 aliphatic rings. The molecular formula is C14H12ClF. The van der Waals surface area contributed by atoms with Crippen LogP contribution in [-0.4, -0.2) is 0 Å². The van der Waals surface area contributed by atoms with Crippen molar-refractivity contribution in [2.45, 2.75) is 12.3 Å². The third-order valence-corrected chi connectivity index (χ3v) is 3.08. The first-order valence-corrected chi connectivity index (χ1v) is 5.57. The fourth-order valence-electron chi connectivity index (χ4n) is 1.73. The fourth-order valence-corrected chi connectivity index (χ4v) is 2.12. The largest absolute Gasteiger partial charge is 0.207 e. The summed E-state index contributed by atoms with van der Waals surface area (Å²) < 4.78 is 13.0. The Hall–Kier alpha value is -1.34. The SMILES string of the molecule is Cc1cc(F)ccc1C(Cl)c1ccccc1. The van der Waals surface area contributed by atoms with E-state index in [9.17, 15) is 4.39 Å². The van der Waals surface area contributed by atoms with E-state index >= 15 is 0 Å². The third-order valence-electron chi connectivity index (χ3n) is 2.60. The summed E-state index contributed by atoms with van der Waals surface area (Å²) >= 11 is 6.37. The molecule has 0 fully saturated rings. The van der Waals surface area contributed by atoms with E-state index in [4.69, 9.17) is 11.6 Å². The summed E-state index contributed by atoms with van der Waals surface area (Å²) in [5.41, 5.74) is 2.86. The maximum Gasteiger partial charge on any atom is 0.123 e. The van der Waals surface area contributed by atoms with Crippen LogP contribution in [0, 0.1) is 12.7 Å². The van der Waals surface area contributed by atoms with Crippen molar-refractivity contribution in [1.82, 2.24) is 0 Å². The molecule has 0 spiro atoms. The van der Waals surface area contributed by atoms with Crippen LogP contribution < -0.4 is 0 Å². The van der Waals surface area contributed by atoms with Gasteiger partial charge in [0, 0.05) is 0 Å². The zero-order valence-electron chi connectivity index (χ0n) is 8.95. The standard InChI is InChI=1S/C14H12ClF/c1-10-9-12(16)7-8-13(10)14(15)11-5-3-2-4-6-11/h2-9,14H,1H3. The zero-order valence-corrected chi connectivity index (χ0v) is 9.71. The lowest BCUT2D eigenvalue weighted by Crippen LogP contribution is -1.96. The summed E-state index contributed by atoms with van der Waals surface area (Å²) in [4.78, 5) is 0. The molecule has 0 amide bonds. The van der Waals surface area contributed by atoms with Gasteiger partial charge in [0.15, 0.2) is 0 Å². The number of aryl methyl sites for hydroxylation is 1. The Morgan fingerprint density at radius 1 is 1.06 bits per heavy atom. The van der Waals surface area contributed by atoms with Gasteiger partial charge in [-0.25, -0.2) is 4.39 Å². The van der Waals surface area contributed by atoms with Crippen LogP contribution in [-0.2, 0) is 0 Å². The highest BCUT2D eigenvalue weighted by Crippen LogP contribution is 2.30. The van der Waals surface area contributed by atoms with Gasteiger partial charge in [-0.05, 0) is 35.7 Å². The molecule has 2 heteroatoms. The van der Waals surface area contributed by atoms with Gasteiger partial charge in [0.1, 0.15) is 5.82 Å². The average Bonchev–Trinajstić information content (AvgIpc) is 2.29. The Morgan fingerprint density at radius 2 is 1.75 bits per heavy atom. The van der Waals surface area contributed by atoms with Crippen molar-refractivity contribution in [2.75, 3.05) is 0 Å². The molecule has 0 saturated heterocycles. The van der Waals surface area contributed by atoms with E-state index in [1.807, 2.05) is 37.3 Å². The molecule has 0 radical (unpaired) electrons. The van der Waals surface area contributed by atoms with Crippen LogP contribution in [0.25, 0.3) is 0 Å². The highest BCUT2D eigenvalue weighted by molar-refractivity contribution is 6.22. The molecule has 82 valence electrons. The summed E-state index contributed by atoms with van der Waals surface area (Å²) in [7, 11) is 0. The number of benzene rings is 2. The van der Waals surface area contributed by atoms with E-state index in [0.717, 1.165) is 16.7 Å². The average molecular weight is 235 g/mol. The molecule has 0 aromatic heterocycles. The van der Waals surface area contributed by atoms with Crippen LogP contribution in [0.2, 0.25) is 0 Å². The molecule has 2 rings (SSSR count). The minimum atomic E-state index is -0.224. The number of alkyl halides is 1. The van der Waals surface area contributed by atoms with Crippen LogP contribution in [0.1, 0.15) is 22.1 Å². The second kappa shape index (κ2) is 4.67. The first-order valence-electron chi connectivity index (χ1n) is 5.13. The Morgan fingerprint density at radius 3 is 2.38 bits per heavy atom. The van der Waals surface area contributed by atoms with Gasteiger partial charge in [-0.2, -0.15) is 0 Å². The van der Waals surface area contributed by atoms with Crippen LogP contribution in [0.5, 0.6) is 0 Å². The highest BCUT2D eigenvalue weighted by Gasteiger charge is 2.12. The van der Waals surface area contributed by atoms with Crippen molar-refractivity contribution >= 4 is 11.6 Å². The molecule has 0 aliphatic heterocycles. The van der Waals surface area contributed by atoms with Gasteiger partial charge in [0.2, 0.25) is 0 Å². The van der Waals surface area contributed by atoms with Crippen molar-refractivity contribution in [3.05, 3.63) is 71.0 Å². The van der Waals surface area contributed by atoms with Gasteiger partial charge in [-0.1, -0.05) is 36.4 Å². The smallest absolute Gasteiger partial charge is 0.123 e. The predicted octanol–water partition coefficient (Wildman–Crippen LogP) is 4.46. The molecule has 1 atom stereocenters. The molecule has 1 unspecified atom stereocenters. The van der Waals surface area contributed by atoms with Crippen molar-refractivity contribution in [3.8, 4) is 0 Å². The van der Waals surface area contributed by atoms with E-state index in [-0.39, 0.29) is 11.2 Å². The summed E-state index contributed by atoms with van der Waals surface area (Å²) in [5.74, 6) is -0.224. The van der Waals surface area contributed by atoms with Gasteiger partial charge in [-0.15, -0.1) is 11.6 Å². The summed E-state index contributed by atoms with van der Waals surface area (Å²) in [6.07, 6.45) is 0. The minimum absolute atomic E-state index is 0.221. The second-order valence-corrected chi connectivity index (χ2v) is 4.21. The van der Waals surface area contributed by atoms with E-state index in [2.05, 4.69) is 0 Å². The summed E-state index contributed by atoms with van der Waals surface area (Å²) in [6, 6.07) is 14.5. The molecule has 0 bridgehead atoms. The summed E-state index contributed by atoms with van der Waals surface area (Å²) in [5, 5.41) is -0.221. The Kier molecular flexibility index (Phi) is 3.25. The zero-order chi connectivity index (χ0) is 11.5. The number of hydrogen-bond donors (Lipinski definition) is 0. The van der Waals surface area contributed by atoms with Crippen LogP contribution in [0.3, 0.4) is 0 Å². The van der Waals surface area contributed by atoms with E-state index in [1.165, 1.54) is 12.1 Å². The van der Waals surface area contributed by atoms with E-state index in [0.29, 0.717) is 0 Å². The Balaban J connectivity index is 2.38. The minimum Gasteiger partial charge on any atom is -0.207 e. The van der Waals surface area contributed by atoms with E-state index < -0.39 is 0 Å². The molecule has 0 saturated carbocycles. The second-order valence-electron chi connectivity index (χ2n) is 3.77. The van der Waals surface area contributed by atoms with Crippen molar-refractivity contribution < 1.29 is 4.39 Å². The van der Waals surface area contributed by atoms with Gasteiger partial charge >= 0.3 is 0 Å². The van der Waals surface area contributed by atoms with Crippen molar-refractivity contribution in [2.24, 2.45) is 0 Å². The van der Waals surface area contributed by atoms with E-state index in [1.54, 1.807) is 6.07 Å². The van der Waals surface area contributed by atoms with Crippen LogP contribution >= 0.6 is 11.6 Å². The third kappa shape index (κ3) is 2.25. The maximum atomic E-state index is 13.0. The fraction of sp³-hybridized carbons (Fsp3) is 0.143. The molecule has 2 aromatic rings. The lowest BCUT2D eigenvalue weighted by Gasteiger charge is -2.13. The van der Waals surface area contributed by atoms with Gasteiger partial charge in [-0.3, -0.25) is 0 Å². The monoisotopic (exact) mass is 234 g/mol. The molecule has 0 heterocycles. The molecule has 2 aromatic carbocycles. The molecular weight excluding hydrogens is 223 g/mol. The van der Waals surface area contributed by atoms with Crippen LogP contribution in [0.15, 0.2) is 48.5 Å². The summed E-state index contributed by atoms with van der Waals surface area (Å²) in [6.45, 7) is 1.87.